The number of hydrogen-bond acceptors (Lipinski definition) is 1. The van der Waals surface area contributed by atoms with Gasteiger partial charge in [0, 0.05) is 5.92 Å². The van der Waals surface area contributed by atoms with Crippen LogP contribution in [0.1, 0.15) is 20.3 Å². The van der Waals surface area contributed by atoms with E-state index in [1.807, 2.05) is 13.8 Å². The smallest absolute Gasteiger partial charge is 0.162 e. The zero-order valence-corrected chi connectivity index (χ0v) is 6.94. The molecule has 0 aromatic carbocycles. The minimum Gasteiger partial charge on any atom is -0.356 e. The van der Waals surface area contributed by atoms with Gasteiger partial charge < -0.3 is 4.74 Å². The topological polar surface area (TPSA) is 9.23 Å². The van der Waals surface area contributed by atoms with Crippen LogP contribution in [-0.4, -0.2) is 17.8 Å². The van der Waals surface area contributed by atoms with Gasteiger partial charge in [0.1, 0.15) is 6.17 Å². The number of halogens is 2. The summed E-state index contributed by atoms with van der Waals surface area (Å²) in [6.07, 6.45) is -0.144. The van der Waals surface area contributed by atoms with E-state index >= 15 is 0 Å². The highest BCUT2D eigenvalue weighted by Crippen LogP contribution is 2.32. The first-order chi connectivity index (χ1) is 4.66. The van der Waals surface area contributed by atoms with Crippen LogP contribution in [0.15, 0.2) is 0 Å². The van der Waals surface area contributed by atoms with Crippen molar-refractivity contribution in [3.8, 4) is 0 Å². The van der Waals surface area contributed by atoms with Gasteiger partial charge >= 0.3 is 0 Å². The van der Waals surface area contributed by atoms with E-state index in [1.165, 1.54) is 0 Å². The average Bonchev–Trinajstić information content (AvgIpc) is 2.17. The van der Waals surface area contributed by atoms with E-state index in [2.05, 4.69) is 0 Å². The Morgan fingerprint density at radius 1 is 1.60 bits per heavy atom. The molecule has 1 nitrogen and oxygen atoms in total. The second kappa shape index (κ2) is 3.05. The van der Waals surface area contributed by atoms with E-state index in [-0.39, 0.29) is 12.0 Å². The molecule has 3 heteroatoms. The van der Waals surface area contributed by atoms with Crippen molar-refractivity contribution in [3.05, 3.63) is 0 Å². The maximum atomic E-state index is 12.9. The minimum atomic E-state index is -0.994. The summed E-state index contributed by atoms with van der Waals surface area (Å²) in [6, 6.07) is 0. The first kappa shape index (κ1) is 8.28. The van der Waals surface area contributed by atoms with Crippen LogP contribution in [0.4, 0.5) is 4.39 Å². The predicted octanol–water partition coefficient (Wildman–Crippen LogP) is 2.33. The predicted molar refractivity (Wildman–Crippen MR) is 38.9 cm³/mol. The van der Waals surface area contributed by atoms with Gasteiger partial charge in [-0.1, -0.05) is 25.4 Å². The lowest BCUT2D eigenvalue weighted by Crippen LogP contribution is -2.17. The Morgan fingerprint density at radius 3 is 2.40 bits per heavy atom. The SMILES string of the molecule is CC[C@H]1OC(Cl)C(F)[C@H]1C. The van der Waals surface area contributed by atoms with Gasteiger partial charge in [0.15, 0.2) is 5.56 Å². The van der Waals surface area contributed by atoms with Crippen LogP contribution in [-0.2, 0) is 4.74 Å². The fourth-order valence-corrected chi connectivity index (χ4v) is 1.64. The minimum absolute atomic E-state index is 0.0116. The number of hydrogen-bond donors (Lipinski definition) is 0. The fraction of sp³-hybridized carbons (Fsp3) is 1.00. The van der Waals surface area contributed by atoms with Crippen molar-refractivity contribution in [1.29, 1.82) is 0 Å². The molecule has 0 N–H and O–H groups in total. The third-order valence-electron chi connectivity index (χ3n) is 2.05. The highest BCUT2D eigenvalue weighted by molar-refractivity contribution is 6.20. The number of alkyl halides is 2. The van der Waals surface area contributed by atoms with E-state index in [1.54, 1.807) is 0 Å². The Balaban J connectivity index is 2.53. The number of ether oxygens (including phenoxy) is 1. The molecule has 0 aromatic rings. The van der Waals surface area contributed by atoms with Crippen LogP contribution < -0.4 is 0 Å². The summed E-state index contributed by atoms with van der Waals surface area (Å²) < 4.78 is 18.0. The Morgan fingerprint density at radius 2 is 2.20 bits per heavy atom. The molecule has 0 radical (unpaired) electrons. The summed E-state index contributed by atoms with van der Waals surface area (Å²) in [5.74, 6) is -0.0486. The van der Waals surface area contributed by atoms with Crippen LogP contribution >= 0.6 is 11.6 Å². The Kier molecular flexibility index (Phi) is 2.53. The van der Waals surface area contributed by atoms with Gasteiger partial charge in [-0.15, -0.1) is 0 Å². The molecule has 0 amide bonds. The normalized spacial score (nSPS) is 48.0. The van der Waals surface area contributed by atoms with Gasteiger partial charge in [-0.3, -0.25) is 0 Å². The van der Waals surface area contributed by atoms with E-state index in [9.17, 15) is 4.39 Å². The highest BCUT2D eigenvalue weighted by atomic mass is 35.5. The lowest BCUT2D eigenvalue weighted by atomic mass is 10.0. The van der Waals surface area contributed by atoms with Gasteiger partial charge in [-0.05, 0) is 6.42 Å². The molecule has 1 fully saturated rings. The molecule has 10 heavy (non-hydrogen) atoms. The largest absolute Gasteiger partial charge is 0.356 e. The average molecular weight is 167 g/mol. The molecule has 1 heterocycles. The van der Waals surface area contributed by atoms with Crippen LogP contribution in [0.25, 0.3) is 0 Å². The van der Waals surface area contributed by atoms with Crippen molar-refractivity contribution >= 4 is 11.6 Å². The molecule has 4 atom stereocenters. The Bertz CT molecular complexity index is 120. The van der Waals surface area contributed by atoms with Crippen LogP contribution in [0.2, 0.25) is 0 Å². The molecule has 0 saturated carbocycles. The molecule has 1 rings (SSSR count). The zero-order valence-electron chi connectivity index (χ0n) is 6.18. The van der Waals surface area contributed by atoms with E-state index in [0.717, 1.165) is 6.42 Å². The van der Waals surface area contributed by atoms with Gasteiger partial charge in [0.05, 0.1) is 6.10 Å². The molecule has 1 aliphatic rings. The molecule has 0 aliphatic carbocycles. The fourth-order valence-electron chi connectivity index (χ4n) is 1.28. The molecular weight excluding hydrogens is 155 g/mol. The van der Waals surface area contributed by atoms with Crippen molar-refractivity contribution in [3.63, 3.8) is 0 Å². The molecule has 0 spiro atoms. The third kappa shape index (κ3) is 1.28. The first-order valence-corrected chi connectivity index (χ1v) is 4.04. The van der Waals surface area contributed by atoms with Gasteiger partial charge in [-0.2, -0.15) is 0 Å². The molecule has 0 bridgehead atoms. The van der Waals surface area contributed by atoms with Crippen molar-refractivity contribution in [2.75, 3.05) is 0 Å². The lowest BCUT2D eigenvalue weighted by Gasteiger charge is -2.10. The van der Waals surface area contributed by atoms with E-state index in [4.69, 9.17) is 16.3 Å². The zero-order chi connectivity index (χ0) is 7.72. The second-order valence-electron chi connectivity index (χ2n) is 2.74. The van der Waals surface area contributed by atoms with E-state index in [0.29, 0.717) is 0 Å². The van der Waals surface area contributed by atoms with E-state index < -0.39 is 11.7 Å². The Labute approximate surface area is 65.5 Å². The van der Waals surface area contributed by atoms with Crippen LogP contribution in [0.5, 0.6) is 0 Å². The molecule has 60 valence electrons. The van der Waals surface area contributed by atoms with Crippen molar-refractivity contribution in [2.24, 2.45) is 5.92 Å². The van der Waals surface area contributed by atoms with Gasteiger partial charge in [0.25, 0.3) is 0 Å². The quantitative estimate of drug-likeness (QED) is 0.544. The van der Waals surface area contributed by atoms with Crippen molar-refractivity contribution in [1.82, 2.24) is 0 Å². The maximum Gasteiger partial charge on any atom is 0.162 e. The standard InChI is InChI=1S/C7H12ClFO/c1-3-5-4(2)6(9)7(8)10-5/h4-7H,3H2,1-2H3/t4-,5+,6?,7?/m0/s1. The van der Waals surface area contributed by atoms with Gasteiger partial charge in [0.2, 0.25) is 0 Å². The summed E-state index contributed by atoms with van der Waals surface area (Å²) >= 11 is 5.53. The number of rotatable bonds is 1. The molecule has 1 saturated heterocycles. The van der Waals surface area contributed by atoms with Crippen LogP contribution in [0.3, 0.4) is 0 Å². The molecule has 0 aromatic heterocycles. The molecular formula is C7H12ClFO. The third-order valence-corrected chi connectivity index (χ3v) is 2.39. The summed E-state index contributed by atoms with van der Waals surface area (Å²) in [6.45, 7) is 3.81. The summed E-state index contributed by atoms with van der Waals surface area (Å²) in [5, 5.41) is 0. The summed E-state index contributed by atoms with van der Waals surface area (Å²) in [4.78, 5) is 0. The lowest BCUT2D eigenvalue weighted by molar-refractivity contribution is 0.0678. The monoisotopic (exact) mass is 166 g/mol. The van der Waals surface area contributed by atoms with Crippen molar-refractivity contribution in [2.45, 2.75) is 38.1 Å². The Hall–Kier alpha value is 0.180. The summed E-state index contributed by atoms with van der Waals surface area (Å²) in [5.41, 5.74) is -0.722. The van der Waals surface area contributed by atoms with Crippen molar-refractivity contribution < 1.29 is 9.13 Å². The highest BCUT2D eigenvalue weighted by Gasteiger charge is 2.39. The second-order valence-corrected chi connectivity index (χ2v) is 3.17. The molecule has 2 unspecified atom stereocenters. The summed E-state index contributed by atoms with van der Waals surface area (Å²) in [7, 11) is 0. The van der Waals surface area contributed by atoms with Crippen LogP contribution in [0, 0.1) is 5.92 Å². The first-order valence-electron chi connectivity index (χ1n) is 3.60. The van der Waals surface area contributed by atoms with Gasteiger partial charge in [-0.25, -0.2) is 4.39 Å². The maximum absolute atomic E-state index is 12.9. The molecule has 1 aliphatic heterocycles.